The minimum atomic E-state index is -0.486. The first-order chi connectivity index (χ1) is 11.6. The lowest BCUT2D eigenvalue weighted by Gasteiger charge is -2.09. The van der Waals surface area contributed by atoms with Crippen molar-refractivity contribution in [3.63, 3.8) is 0 Å². The van der Waals surface area contributed by atoms with Crippen LogP contribution < -0.4 is 15.9 Å². The van der Waals surface area contributed by atoms with Crippen LogP contribution in [0.15, 0.2) is 50.7 Å². The molecular weight excluding hydrogens is 310 g/mol. The average Bonchev–Trinajstić information content (AvgIpc) is 2.56. The number of aryl methyl sites for hydroxylation is 1. The third-order valence-corrected chi connectivity index (χ3v) is 3.53. The number of rotatable bonds is 4. The van der Waals surface area contributed by atoms with Gasteiger partial charge in [-0.15, -0.1) is 0 Å². The maximum atomic E-state index is 12.5. The van der Waals surface area contributed by atoms with Crippen molar-refractivity contribution >= 4 is 11.0 Å². The van der Waals surface area contributed by atoms with Gasteiger partial charge in [0.1, 0.15) is 23.8 Å². The predicted molar refractivity (Wildman–Crippen MR) is 85.9 cm³/mol. The summed E-state index contributed by atoms with van der Waals surface area (Å²) >= 11 is 0. The summed E-state index contributed by atoms with van der Waals surface area (Å²) < 4.78 is 12.0. The van der Waals surface area contributed by atoms with Gasteiger partial charge in [-0.2, -0.15) is 5.26 Å². The van der Waals surface area contributed by atoms with Gasteiger partial charge in [0, 0.05) is 18.5 Å². The number of ether oxygens (including phenoxy) is 1. The molecule has 0 aliphatic rings. The largest absolute Gasteiger partial charge is 0.475 e. The van der Waals surface area contributed by atoms with E-state index in [-0.39, 0.29) is 30.2 Å². The molecule has 3 rings (SSSR count). The molecule has 0 fully saturated rings. The molecule has 0 saturated heterocycles. The van der Waals surface area contributed by atoms with Crippen LogP contribution in [0.4, 0.5) is 0 Å². The zero-order chi connectivity index (χ0) is 17.1. The minimum Gasteiger partial charge on any atom is -0.475 e. The molecule has 0 unspecified atom stereocenters. The molecule has 0 aliphatic carbocycles. The van der Waals surface area contributed by atoms with E-state index in [4.69, 9.17) is 14.4 Å². The summed E-state index contributed by atoms with van der Waals surface area (Å²) in [5, 5.41) is 9.36. The van der Waals surface area contributed by atoms with E-state index < -0.39 is 5.63 Å². The van der Waals surface area contributed by atoms with Gasteiger partial charge in [-0.3, -0.25) is 4.79 Å². The predicted octanol–water partition coefficient (Wildman–Crippen LogP) is 1.61. The van der Waals surface area contributed by atoms with Gasteiger partial charge in [0.25, 0.3) is 5.56 Å². The second-order valence-corrected chi connectivity index (χ2v) is 5.12. The van der Waals surface area contributed by atoms with Crippen molar-refractivity contribution in [2.45, 2.75) is 13.5 Å². The van der Waals surface area contributed by atoms with Gasteiger partial charge in [-0.1, -0.05) is 0 Å². The van der Waals surface area contributed by atoms with E-state index in [9.17, 15) is 9.59 Å². The molecule has 0 bridgehead atoms. The minimum absolute atomic E-state index is 0.174. The molecule has 0 spiro atoms. The number of fused-ring (bicyclic) bond motifs is 1. The smallest absolute Gasteiger partial charge is 0.336 e. The molecule has 0 aliphatic heterocycles. The molecule has 0 atom stereocenters. The van der Waals surface area contributed by atoms with Crippen LogP contribution in [-0.2, 0) is 6.54 Å². The number of hydrogen-bond donors (Lipinski definition) is 0. The van der Waals surface area contributed by atoms with Crippen LogP contribution in [0.5, 0.6) is 5.88 Å². The van der Waals surface area contributed by atoms with Crippen molar-refractivity contribution in [2.24, 2.45) is 0 Å². The van der Waals surface area contributed by atoms with Gasteiger partial charge >= 0.3 is 5.63 Å². The third-order valence-electron chi connectivity index (χ3n) is 3.53. The van der Waals surface area contributed by atoms with Crippen molar-refractivity contribution in [1.82, 2.24) is 9.55 Å². The van der Waals surface area contributed by atoms with Crippen molar-refractivity contribution in [1.29, 1.82) is 5.26 Å². The van der Waals surface area contributed by atoms with Gasteiger partial charge in [-0.25, -0.2) is 9.78 Å². The number of pyridine rings is 2. The standard InChI is InChI=1S/C17H13N3O4/c1-11-9-14(21)24-13-4-6-20(17(22)15(11)13)7-8-23-16-12(10-18)3-2-5-19-16/h2-6,9H,7-8H2,1H3. The molecule has 0 aromatic carbocycles. The van der Waals surface area contributed by atoms with Crippen molar-refractivity contribution < 1.29 is 9.15 Å². The van der Waals surface area contributed by atoms with Gasteiger partial charge in [0.2, 0.25) is 5.88 Å². The Hall–Kier alpha value is -3.40. The fourth-order valence-corrected chi connectivity index (χ4v) is 2.40. The number of hydrogen-bond acceptors (Lipinski definition) is 6. The molecule has 120 valence electrons. The van der Waals surface area contributed by atoms with Gasteiger partial charge < -0.3 is 13.7 Å². The molecule has 0 radical (unpaired) electrons. The van der Waals surface area contributed by atoms with E-state index >= 15 is 0 Å². The maximum Gasteiger partial charge on any atom is 0.336 e. The maximum absolute atomic E-state index is 12.5. The first-order valence-electron chi connectivity index (χ1n) is 7.22. The highest BCUT2D eigenvalue weighted by atomic mass is 16.5. The number of aromatic nitrogens is 2. The van der Waals surface area contributed by atoms with Gasteiger partial charge in [0.05, 0.1) is 11.9 Å². The molecule has 24 heavy (non-hydrogen) atoms. The summed E-state index contributed by atoms with van der Waals surface area (Å²) in [7, 11) is 0. The highest BCUT2D eigenvalue weighted by Gasteiger charge is 2.09. The van der Waals surface area contributed by atoms with Crippen LogP contribution in [0.2, 0.25) is 0 Å². The number of nitrogens with zero attached hydrogens (tertiary/aromatic N) is 3. The topological polar surface area (TPSA) is 98.1 Å². The first-order valence-corrected chi connectivity index (χ1v) is 7.22. The Kier molecular flexibility index (Phi) is 4.12. The zero-order valence-electron chi connectivity index (χ0n) is 12.9. The Morgan fingerprint density at radius 2 is 2.21 bits per heavy atom. The lowest BCUT2D eigenvalue weighted by atomic mass is 10.2. The van der Waals surface area contributed by atoms with Crippen LogP contribution in [0.3, 0.4) is 0 Å². The molecule has 3 aromatic heterocycles. The summed E-state index contributed by atoms with van der Waals surface area (Å²) in [6, 6.07) is 8.12. The summed E-state index contributed by atoms with van der Waals surface area (Å²) in [5.41, 5.74) is 0.413. The van der Waals surface area contributed by atoms with E-state index in [0.29, 0.717) is 16.5 Å². The van der Waals surface area contributed by atoms with E-state index in [2.05, 4.69) is 4.98 Å². The summed E-state index contributed by atoms with van der Waals surface area (Å²) in [6.07, 6.45) is 3.07. The monoisotopic (exact) mass is 323 g/mol. The number of nitriles is 1. The fourth-order valence-electron chi connectivity index (χ4n) is 2.40. The Balaban J connectivity index is 1.84. The zero-order valence-corrected chi connectivity index (χ0v) is 12.9. The van der Waals surface area contributed by atoms with E-state index in [1.165, 1.54) is 16.8 Å². The lowest BCUT2D eigenvalue weighted by molar-refractivity contribution is 0.285. The fraction of sp³-hybridized carbons (Fsp3) is 0.176. The highest BCUT2D eigenvalue weighted by Crippen LogP contribution is 2.13. The molecular formula is C17H13N3O4. The summed E-state index contributed by atoms with van der Waals surface area (Å²) in [5.74, 6) is 0.232. The highest BCUT2D eigenvalue weighted by molar-refractivity contribution is 5.78. The second-order valence-electron chi connectivity index (χ2n) is 5.12. The van der Waals surface area contributed by atoms with E-state index in [1.807, 2.05) is 6.07 Å². The van der Waals surface area contributed by atoms with Crippen LogP contribution in [0, 0.1) is 18.3 Å². The van der Waals surface area contributed by atoms with Crippen LogP contribution >= 0.6 is 0 Å². The van der Waals surface area contributed by atoms with E-state index in [0.717, 1.165) is 0 Å². The Labute approximate surface area is 136 Å². The summed E-state index contributed by atoms with van der Waals surface area (Å²) in [4.78, 5) is 27.9. The molecule has 7 nitrogen and oxygen atoms in total. The molecule has 3 aromatic rings. The van der Waals surface area contributed by atoms with Crippen molar-refractivity contribution in [3.8, 4) is 11.9 Å². The summed E-state index contributed by atoms with van der Waals surface area (Å²) in [6.45, 7) is 2.14. The molecule has 3 heterocycles. The Morgan fingerprint density at radius 3 is 3.00 bits per heavy atom. The van der Waals surface area contributed by atoms with Crippen LogP contribution in [0.25, 0.3) is 11.0 Å². The Morgan fingerprint density at radius 1 is 1.38 bits per heavy atom. The average molecular weight is 323 g/mol. The van der Waals surface area contributed by atoms with E-state index in [1.54, 1.807) is 31.3 Å². The van der Waals surface area contributed by atoms with Gasteiger partial charge in [0.15, 0.2) is 0 Å². The van der Waals surface area contributed by atoms with Crippen molar-refractivity contribution in [2.75, 3.05) is 6.61 Å². The first kappa shape index (κ1) is 15.5. The molecule has 0 amide bonds. The van der Waals surface area contributed by atoms with Crippen LogP contribution in [0.1, 0.15) is 11.1 Å². The Bertz CT molecular complexity index is 1060. The van der Waals surface area contributed by atoms with Crippen LogP contribution in [-0.4, -0.2) is 16.2 Å². The second kappa shape index (κ2) is 6.38. The normalized spacial score (nSPS) is 10.5. The van der Waals surface area contributed by atoms with Crippen molar-refractivity contribution in [3.05, 3.63) is 68.6 Å². The third kappa shape index (κ3) is 2.90. The molecule has 7 heteroatoms. The lowest BCUT2D eigenvalue weighted by Crippen LogP contribution is -2.24. The molecule has 0 N–H and O–H groups in total. The van der Waals surface area contributed by atoms with Gasteiger partial charge in [-0.05, 0) is 30.7 Å². The quantitative estimate of drug-likeness (QED) is 0.723. The molecule has 0 saturated carbocycles. The SMILES string of the molecule is Cc1cc(=O)oc2ccn(CCOc3ncccc3C#N)c(=O)c12.